The van der Waals surface area contributed by atoms with Gasteiger partial charge in [-0.3, -0.25) is 9.89 Å². The van der Waals surface area contributed by atoms with Gasteiger partial charge in [0.2, 0.25) is 5.91 Å². The van der Waals surface area contributed by atoms with Crippen LogP contribution in [0.5, 0.6) is 0 Å². The molecule has 0 spiro atoms. The lowest BCUT2D eigenvalue weighted by Crippen LogP contribution is -2.16. The van der Waals surface area contributed by atoms with E-state index < -0.39 is 0 Å². The highest BCUT2D eigenvalue weighted by atomic mass is 16.2. The number of aromatic nitrogens is 2. The zero-order valence-corrected chi connectivity index (χ0v) is 11.0. The fraction of sp³-hybridized carbons (Fsp3) is 0.333. The van der Waals surface area contributed by atoms with E-state index in [-0.39, 0.29) is 11.8 Å². The summed E-state index contributed by atoms with van der Waals surface area (Å²) in [6.45, 7) is 0. The lowest BCUT2D eigenvalue weighted by atomic mass is 9.92. The molecule has 1 aromatic heterocycles. The molecule has 0 radical (unpaired) electrons. The first-order valence-corrected chi connectivity index (χ1v) is 6.93. The van der Waals surface area contributed by atoms with Gasteiger partial charge in [-0.05, 0) is 35.8 Å². The Hall–Kier alpha value is -2.30. The van der Waals surface area contributed by atoms with Gasteiger partial charge in [0.1, 0.15) is 0 Å². The highest BCUT2D eigenvalue weighted by Gasteiger charge is 2.57. The SMILES string of the molecule is Nc1cn[nH]c1NC(=O)C1C2CCc3ccccc3C21. The van der Waals surface area contributed by atoms with Gasteiger partial charge in [0, 0.05) is 5.92 Å². The van der Waals surface area contributed by atoms with Crippen LogP contribution >= 0.6 is 0 Å². The van der Waals surface area contributed by atoms with Crippen molar-refractivity contribution < 1.29 is 4.79 Å². The molecule has 5 heteroatoms. The highest BCUT2D eigenvalue weighted by molar-refractivity contribution is 5.97. The maximum absolute atomic E-state index is 12.4. The van der Waals surface area contributed by atoms with Crippen molar-refractivity contribution in [2.75, 3.05) is 11.1 Å². The van der Waals surface area contributed by atoms with Gasteiger partial charge in [0.15, 0.2) is 5.82 Å². The van der Waals surface area contributed by atoms with Crippen LogP contribution < -0.4 is 11.1 Å². The van der Waals surface area contributed by atoms with Gasteiger partial charge >= 0.3 is 0 Å². The van der Waals surface area contributed by atoms with Crippen molar-refractivity contribution in [3.05, 3.63) is 41.6 Å². The Balaban J connectivity index is 1.55. The van der Waals surface area contributed by atoms with Crippen molar-refractivity contribution >= 4 is 17.4 Å². The number of rotatable bonds is 2. The molecule has 2 aromatic rings. The molecule has 0 bridgehead atoms. The van der Waals surface area contributed by atoms with Crippen LogP contribution in [-0.2, 0) is 11.2 Å². The molecule has 20 heavy (non-hydrogen) atoms. The quantitative estimate of drug-likeness (QED) is 0.778. The zero-order chi connectivity index (χ0) is 13.7. The Morgan fingerprint density at radius 2 is 2.25 bits per heavy atom. The van der Waals surface area contributed by atoms with Crippen molar-refractivity contribution in [3.63, 3.8) is 0 Å². The minimum Gasteiger partial charge on any atom is -0.394 e. The fourth-order valence-corrected chi connectivity index (χ4v) is 3.53. The van der Waals surface area contributed by atoms with E-state index in [4.69, 9.17) is 5.73 Å². The highest BCUT2D eigenvalue weighted by Crippen LogP contribution is 2.60. The molecule has 1 fully saturated rings. The van der Waals surface area contributed by atoms with Crippen molar-refractivity contribution in [1.29, 1.82) is 0 Å². The first-order valence-electron chi connectivity index (χ1n) is 6.93. The van der Waals surface area contributed by atoms with E-state index in [0.29, 0.717) is 23.3 Å². The number of hydrogen-bond donors (Lipinski definition) is 3. The van der Waals surface area contributed by atoms with Gasteiger partial charge in [0.25, 0.3) is 0 Å². The van der Waals surface area contributed by atoms with Crippen LogP contribution in [0.1, 0.15) is 23.5 Å². The van der Waals surface area contributed by atoms with Gasteiger partial charge in [-0.25, -0.2) is 0 Å². The Labute approximate surface area is 116 Å². The van der Waals surface area contributed by atoms with E-state index in [1.807, 2.05) is 0 Å². The van der Waals surface area contributed by atoms with Crippen LogP contribution in [0.4, 0.5) is 11.5 Å². The molecular weight excluding hydrogens is 252 g/mol. The van der Waals surface area contributed by atoms with Crippen LogP contribution in [0.15, 0.2) is 30.5 Å². The summed E-state index contributed by atoms with van der Waals surface area (Å²) in [4.78, 5) is 12.4. The average molecular weight is 268 g/mol. The maximum Gasteiger partial charge on any atom is 0.229 e. The molecule has 5 nitrogen and oxygen atoms in total. The fourth-order valence-electron chi connectivity index (χ4n) is 3.53. The van der Waals surface area contributed by atoms with Crippen molar-refractivity contribution in [3.8, 4) is 0 Å². The van der Waals surface area contributed by atoms with E-state index in [9.17, 15) is 4.79 Å². The molecule has 1 aromatic carbocycles. The lowest BCUT2D eigenvalue weighted by Gasteiger charge is -2.13. The van der Waals surface area contributed by atoms with Crippen LogP contribution in [0, 0.1) is 11.8 Å². The number of hydrogen-bond acceptors (Lipinski definition) is 3. The summed E-state index contributed by atoms with van der Waals surface area (Å²) in [5.41, 5.74) is 8.94. The molecule has 2 aliphatic carbocycles. The third-order valence-electron chi connectivity index (χ3n) is 4.55. The second kappa shape index (κ2) is 4.10. The summed E-state index contributed by atoms with van der Waals surface area (Å²) in [6.07, 6.45) is 3.68. The second-order valence-corrected chi connectivity index (χ2v) is 5.64. The number of fused-ring (bicyclic) bond motifs is 3. The van der Waals surface area contributed by atoms with Gasteiger partial charge in [-0.2, -0.15) is 5.10 Å². The normalized spacial score (nSPS) is 26.5. The monoisotopic (exact) mass is 268 g/mol. The van der Waals surface area contributed by atoms with Crippen LogP contribution in [0.25, 0.3) is 0 Å². The van der Waals surface area contributed by atoms with Gasteiger partial charge < -0.3 is 11.1 Å². The van der Waals surface area contributed by atoms with Gasteiger partial charge in [-0.15, -0.1) is 0 Å². The molecule has 3 atom stereocenters. The van der Waals surface area contributed by atoms with E-state index in [2.05, 4.69) is 39.8 Å². The number of H-pyrrole nitrogens is 1. The smallest absolute Gasteiger partial charge is 0.229 e. The van der Waals surface area contributed by atoms with Crippen LogP contribution in [-0.4, -0.2) is 16.1 Å². The summed E-state index contributed by atoms with van der Waals surface area (Å²) >= 11 is 0. The Morgan fingerprint density at radius 3 is 3.05 bits per heavy atom. The molecule has 0 saturated heterocycles. The minimum atomic E-state index is 0.0488. The Kier molecular flexibility index (Phi) is 2.36. The summed E-state index contributed by atoms with van der Waals surface area (Å²) in [6, 6.07) is 8.46. The van der Waals surface area contributed by atoms with Crippen LogP contribution in [0.2, 0.25) is 0 Å². The number of nitrogens with two attached hydrogens (primary N) is 1. The molecule has 1 amide bonds. The Bertz CT molecular complexity index is 678. The van der Waals surface area contributed by atoms with Crippen molar-refractivity contribution in [2.24, 2.45) is 11.8 Å². The molecule has 2 aliphatic rings. The molecule has 102 valence electrons. The maximum atomic E-state index is 12.4. The summed E-state index contributed by atoms with van der Waals surface area (Å²) in [7, 11) is 0. The van der Waals surface area contributed by atoms with E-state index in [1.165, 1.54) is 17.3 Å². The largest absolute Gasteiger partial charge is 0.394 e. The molecular formula is C15H16N4O. The summed E-state index contributed by atoms with van der Waals surface area (Å²) in [5, 5.41) is 9.39. The number of nitrogens with one attached hydrogen (secondary N) is 2. The predicted molar refractivity (Wildman–Crippen MR) is 76.1 cm³/mol. The van der Waals surface area contributed by atoms with E-state index in [0.717, 1.165) is 12.8 Å². The summed E-state index contributed by atoms with van der Waals surface area (Å²) < 4.78 is 0. The minimum absolute atomic E-state index is 0.0488. The number of nitrogens with zero attached hydrogens (tertiary/aromatic N) is 1. The number of nitrogen functional groups attached to an aromatic ring is 1. The average Bonchev–Trinajstić information content (AvgIpc) is 3.09. The standard InChI is InChI=1S/C15H16N4O/c16-11-7-17-19-14(11)18-15(20)13-10-6-5-8-3-1-2-4-9(8)12(10)13/h1-4,7,10,12-13H,5-6,16H2,(H2,17,18,19,20). The predicted octanol–water partition coefficient (Wildman–Crippen LogP) is 1.91. The number of aromatic amines is 1. The van der Waals surface area contributed by atoms with Crippen molar-refractivity contribution in [2.45, 2.75) is 18.8 Å². The molecule has 3 unspecified atom stereocenters. The molecule has 1 heterocycles. The second-order valence-electron chi connectivity index (χ2n) is 5.64. The molecule has 0 aliphatic heterocycles. The van der Waals surface area contributed by atoms with E-state index in [1.54, 1.807) is 0 Å². The lowest BCUT2D eigenvalue weighted by molar-refractivity contribution is -0.117. The topological polar surface area (TPSA) is 83.8 Å². The first-order chi connectivity index (χ1) is 9.75. The first kappa shape index (κ1) is 11.5. The number of carbonyl (C=O) groups is 1. The van der Waals surface area contributed by atoms with E-state index >= 15 is 0 Å². The number of benzene rings is 1. The molecule has 1 saturated carbocycles. The van der Waals surface area contributed by atoms with Crippen LogP contribution in [0.3, 0.4) is 0 Å². The zero-order valence-electron chi connectivity index (χ0n) is 11.0. The van der Waals surface area contributed by atoms with Gasteiger partial charge in [-0.1, -0.05) is 24.3 Å². The van der Waals surface area contributed by atoms with Gasteiger partial charge in [0.05, 0.1) is 11.9 Å². The molecule has 4 rings (SSSR count). The number of aryl methyl sites for hydroxylation is 1. The number of amides is 1. The Morgan fingerprint density at radius 1 is 1.40 bits per heavy atom. The third-order valence-corrected chi connectivity index (χ3v) is 4.55. The number of carbonyl (C=O) groups excluding carboxylic acids is 1. The summed E-state index contributed by atoms with van der Waals surface area (Å²) in [5.74, 6) is 1.49. The number of anilines is 2. The molecule has 4 N–H and O–H groups in total. The third kappa shape index (κ3) is 1.62. The van der Waals surface area contributed by atoms with Crippen molar-refractivity contribution in [1.82, 2.24) is 10.2 Å².